The summed E-state index contributed by atoms with van der Waals surface area (Å²) < 4.78 is 1.07. The van der Waals surface area contributed by atoms with Gasteiger partial charge >= 0.3 is 0 Å². The predicted octanol–water partition coefficient (Wildman–Crippen LogP) is 3.08. The highest BCUT2D eigenvalue weighted by molar-refractivity contribution is 9.10. The second-order valence-electron chi connectivity index (χ2n) is 5.41. The fraction of sp³-hybridized carbons (Fsp3) is 0.375. The summed E-state index contributed by atoms with van der Waals surface area (Å²) >= 11 is 3.46. The van der Waals surface area contributed by atoms with Crippen LogP contribution in [0.4, 0.5) is 5.95 Å². The molecule has 2 heterocycles. The third-order valence-corrected chi connectivity index (χ3v) is 4.54. The topological polar surface area (TPSA) is 55.0 Å². The molecule has 21 heavy (non-hydrogen) atoms. The van der Waals surface area contributed by atoms with Crippen LogP contribution in [0.25, 0.3) is 11.3 Å². The van der Waals surface area contributed by atoms with Gasteiger partial charge in [-0.05, 0) is 43.5 Å². The SMILES string of the molecule is NCC1CCN(c2nccc(-c3ccc(Br)cc3)n2)CC1. The van der Waals surface area contributed by atoms with Crippen molar-refractivity contribution in [1.29, 1.82) is 0 Å². The molecule has 0 atom stereocenters. The van der Waals surface area contributed by atoms with Crippen LogP contribution >= 0.6 is 15.9 Å². The van der Waals surface area contributed by atoms with E-state index in [0.29, 0.717) is 5.92 Å². The molecule has 0 bridgehead atoms. The Bertz CT molecular complexity index is 591. The Balaban J connectivity index is 1.79. The number of piperidine rings is 1. The van der Waals surface area contributed by atoms with Gasteiger partial charge in [-0.25, -0.2) is 9.97 Å². The van der Waals surface area contributed by atoms with E-state index in [0.717, 1.165) is 54.2 Å². The van der Waals surface area contributed by atoms with Crippen molar-refractivity contribution in [3.63, 3.8) is 0 Å². The second kappa shape index (κ2) is 6.54. The molecule has 5 heteroatoms. The third kappa shape index (κ3) is 3.41. The van der Waals surface area contributed by atoms with Gasteiger partial charge in [0.25, 0.3) is 0 Å². The van der Waals surface area contributed by atoms with Crippen LogP contribution in [0.5, 0.6) is 0 Å². The van der Waals surface area contributed by atoms with Gasteiger partial charge in [0.2, 0.25) is 5.95 Å². The zero-order chi connectivity index (χ0) is 14.7. The molecule has 110 valence electrons. The fourth-order valence-electron chi connectivity index (χ4n) is 2.65. The molecular formula is C16H19BrN4. The smallest absolute Gasteiger partial charge is 0.225 e. The van der Waals surface area contributed by atoms with Crippen molar-refractivity contribution in [2.45, 2.75) is 12.8 Å². The maximum atomic E-state index is 5.75. The van der Waals surface area contributed by atoms with Crippen molar-refractivity contribution in [2.75, 3.05) is 24.5 Å². The van der Waals surface area contributed by atoms with Crippen LogP contribution < -0.4 is 10.6 Å². The average molecular weight is 347 g/mol. The highest BCUT2D eigenvalue weighted by Crippen LogP contribution is 2.24. The van der Waals surface area contributed by atoms with Gasteiger partial charge in [0, 0.05) is 29.3 Å². The van der Waals surface area contributed by atoms with Gasteiger partial charge in [-0.3, -0.25) is 0 Å². The maximum absolute atomic E-state index is 5.75. The molecule has 4 nitrogen and oxygen atoms in total. The molecule has 2 N–H and O–H groups in total. The van der Waals surface area contributed by atoms with Crippen LogP contribution in [0.2, 0.25) is 0 Å². The summed E-state index contributed by atoms with van der Waals surface area (Å²) in [5.74, 6) is 1.47. The van der Waals surface area contributed by atoms with Crippen molar-refractivity contribution >= 4 is 21.9 Å². The number of benzene rings is 1. The molecule has 0 radical (unpaired) electrons. The Morgan fingerprint density at radius 1 is 1.14 bits per heavy atom. The van der Waals surface area contributed by atoms with E-state index in [9.17, 15) is 0 Å². The molecule has 1 aliphatic heterocycles. The molecule has 0 unspecified atom stereocenters. The van der Waals surface area contributed by atoms with Gasteiger partial charge in [0.05, 0.1) is 5.69 Å². The second-order valence-corrected chi connectivity index (χ2v) is 6.33. The molecule has 2 aromatic rings. The number of hydrogen-bond acceptors (Lipinski definition) is 4. The minimum atomic E-state index is 0.649. The van der Waals surface area contributed by atoms with E-state index in [1.807, 2.05) is 24.4 Å². The zero-order valence-corrected chi connectivity index (χ0v) is 13.5. The molecular weight excluding hydrogens is 328 g/mol. The van der Waals surface area contributed by atoms with Crippen molar-refractivity contribution in [1.82, 2.24) is 9.97 Å². The van der Waals surface area contributed by atoms with Crippen LogP contribution in [-0.4, -0.2) is 29.6 Å². The molecule has 0 amide bonds. The highest BCUT2D eigenvalue weighted by atomic mass is 79.9. The van der Waals surface area contributed by atoms with E-state index in [4.69, 9.17) is 10.7 Å². The van der Waals surface area contributed by atoms with E-state index in [2.05, 4.69) is 37.9 Å². The van der Waals surface area contributed by atoms with Crippen LogP contribution in [0.3, 0.4) is 0 Å². The molecule has 3 rings (SSSR count). The molecule has 0 saturated carbocycles. The van der Waals surface area contributed by atoms with E-state index in [1.54, 1.807) is 0 Å². The lowest BCUT2D eigenvalue weighted by Crippen LogP contribution is -2.37. The third-order valence-electron chi connectivity index (χ3n) is 4.01. The lowest BCUT2D eigenvalue weighted by atomic mass is 9.97. The van der Waals surface area contributed by atoms with Crippen molar-refractivity contribution in [2.24, 2.45) is 11.7 Å². The van der Waals surface area contributed by atoms with Gasteiger partial charge in [0.15, 0.2) is 0 Å². The first-order chi connectivity index (χ1) is 10.3. The number of aromatic nitrogens is 2. The summed E-state index contributed by atoms with van der Waals surface area (Å²) in [5, 5.41) is 0. The van der Waals surface area contributed by atoms with Crippen molar-refractivity contribution < 1.29 is 0 Å². The number of anilines is 1. The molecule has 0 spiro atoms. The molecule has 1 saturated heterocycles. The molecule has 0 aliphatic carbocycles. The van der Waals surface area contributed by atoms with E-state index < -0.39 is 0 Å². The van der Waals surface area contributed by atoms with Crippen LogP contribution in [0.15, 0.2) is 41.0 Å². The lowest BCUT2D eigenvalue weighted by molar-refractivity contribution is 0.411. The Morgan fingerprint density at radius 3 is 2.52 bits per heavy atom. The minimum Gasteiger partial charge on any atom is -0.341 e. The minimum absolute atomic E-state index is 0.649. The summed E-state index contributed by atoms with van der Waals surface area (Å²) in [6, 6.07) is 10.2. The molecule has 1 aliphatic rings. The molecule has 1 aromatic heterocycles. The standard InChI is InChI=1S/C16H19BrN4/c17-14-3-1-13(2-4-14)15-5-8-19-16(20-15)21-9-6-12(11-18)7-10-21/h1-5,8,12H,6-7,9-11,18H2. The number of halogens is 1. The van der Waals surface area contributed by atoms with Gasteiger partial charge in [-0.1, -0.05) is 28.1 Å². The number of rotatable bonds is 3. The van der Waals surface area contributed by atoms with E-state index >= 15 is 0 Å². The van der Waals surface area contributed by atoms with Gasteiger partial charge in [-0.2, -0.15) is 0 Å². The van der Waals surface area contributed by atoms with Crippen LogP contribution in [-0.2, 0) is 0 Å². The van der Waals surface area contributed by atoms with Gasteiger partial charge in [-0.15, -0.1) is 0 Å². The fourth-order valence-corrected chi connectivity index (χ4v) is 2.92. The first kappa shape index (κ1) is 14.5. The van der Waals surface area contributed by atoms with Crippen molar-refractivity contribution in [3.8, 4) is 11.3 Å². The average Bonchev–Trinajstić information content (AvgIpc) is 2.56. The van der Waals surface area contributed by atoms with E-state index in [-0.39, 0.29) is 0 Å². The van der Waals surface area contributed by atoms with Gasteiger partial charge in [0.1, 0.15) is 0 Å². The predicted molar refractivity (Wildman–Crippen MR) is 89.2 cm³/mol. The maximum Gasteiger partial charge on any atom is 0.225 e. The Labute approximate surface area is 133 Å². The van der Waals surface area contributed by atoms with Crippen LogP contribution in [0, 0.1) is 5.92 Å². The largest absolute Gasteiger partial charge is 0.341 e. The first-order valence-corrected chi connectivity index (χ1v) is 8.09. The highest BCUT2D eigenvalue weighted by Gasteiger charge is 2.20. The summed E-state index contributed by atoms with van der Waals surface area (Å²) in [6.45, 7) is 2.77. The Kier molecular flexibility index (Phi) is 4.51. The molecule has 1 aromatic carbocycles. The first-order valence-electron chi connectivity index (χ1n) is 7.30. The number of hydrogen-bond donors (Lipinski definition) is 1. The summed E-state index contributed by atoms with van der Waals surface area (Å²) in [6.07, 6.45) is 4.10. The van der Waals surface area contributed by atoms with Gasteiger partial charge < -0.3 is 10.6 Å². The summed E-state index contributed by atoms with van der Waals surface area (Å²) in [7, 11) is 0. The molecule has 1 fully saturated rings. The quantitative estimate of drug-likeness (QED) is 0.927. The Morgan fingerprint density at radius 2 is 1.86 bits per heavy atom. The lowest BCUT2D eigenvalue weighted by Gasteiger charge is -2.31. The summed E-state index contributed by atoms with van der Waals surface area (Å²) in [5.41, 5.74) is 7.82. The summed E-state index contributed by atoms with van der Waals surface area (Å²) in [4.78, 5) is 11.4. The number of nitrogens with two attached hydrogens (primary N) is 1. The van der Waals surface area contributed by atoms with E-state index in [1.165, 1.54) is 0 Å². The van der Waals surface area contributed by atoms with Crippen molar-refractivity contribution in [3.05, 3.63) is 41.0 Å². The Hall–Kier alpha value is -1.46. The van der Waals surface area contributed by atoms with Crippen LogP contribution in [0.1, 0.15) is 12.8 Å². The monoisotopic (exact) mass is 346 g/mol. The normalized spacial score (nSPS) is 16.2. The zero-order valence-electron chi connectivity index (χ0n) is 11.9. The number of nitrogens with zero attached hydrogens (tertiary/aromatic N) is 3.